The van der Waals surface area contributed by atoms with Gasteiger partial charge in [-0.2, -0.15) is 0 Å². The summed E-state index contributed by atoms with van der Waals surface area (Å²) in [7, 11) is 4.70. The zero-order valence-electron chi connectivity index (χ0n) is 15.1. The van der Waals surface area contributed by atoms with E-state index in [2.05, 4.69) is 29.3 Å². The summed E-state index contributed by atoms with van der Waals surface area (Å²) >= 11 is 1.50. The number of thioether (sulfide) groups is 1. The third-order valence-electron chi connectivity index (χ3n) is 3.93. The van der Waals surface area contributed by atoms with Crippen molar-refractivity contribution in [2.75, 3.05) is 21.3 Å². The lowest BCUT2D eigenvalue weighted by Gasteiger charge is -2.12. The fraction of sp³-hybridized carbons (Fsp3) is 0.263. The summed E-state index contributed by atoms with van der Waals surface area (Å²) < 4.78 is 21.9. The van der Waals surface area contributed by atoms with E-state index in [1.807, 2.05) is 12.1 Å². The van der Waals surface area contributed by atoms with Crippen molar-refractivity contribution in [2.24, 2.45) is 0 Å². The Morgan fingerprint density at radius 3 is 2.27 bits per heavy atom. The minimum Gasteiger partial charge on any atom is -0.493 e. The van der Waals surface area contributed by atoms with Crippen LogP contribution in [0, 0.1) is 6.92 Å². The van der Waals surface area contributed by atoms with Gasteiger partial charge in [0.25, 0.3) is 5.22 Å². The van der Waals surface area contributed by atoms with Crippen LogP contribution in [0.2, 0.25) is 0 Å². The summed E-state index contributed by atoms with van der Waals surface area (Å²) in [5.74, 6) is 2.76. The van der Waals surface area contributed by atoms with Gasteiger partial charge in [-0.05, 0) is 30.2 Å². The molecule has 26 heavy (non-hydrogen) atoms. The van der Waals surface area contributed by atoms with Crippen molar-refractivity contribution in [1.29, 1.82) is 0 Å². The first-order valence-electron chi connectivity index (χ1n) is 7.97. The molecule has 3 rings (SSSR count). The summed E-state index contributed by atoms with van der Waals surface area (Å²) in [4.78, 5) is 0. The number of nitrogens with zero attached hydrogens (tertiary/aromatic N) is 2. The van der Waals surface area contributed by atoms with E-state index in [1.54, 1.807) is 33.5 Å². The minimum atomic E-state index is 0.400. The molecular formula is C19H20N2O4S. The van der Waals surface area contributed by atoms with Crippen LogP contribution in [0.15, 0.2) is 46.0 Å². The second-order valence-corrected chi connectivity index (χ2v) is 6.43. The summed E-state index contributed by atoms with van der Waals surface area (Å²) in [6.45, 7) is 2.09. The van der Waals surface area contributed by atoms with Gasteiger partial charge in [0, 0.05) is 11.3 Å². The molecule has 0 radical (unpaired) electrons. The molecule has 0 saturated carbocycles. The van der Waals surface area contributed by atoms with Crippen LogP contribution in [-0.4, -0.2) is 31.5 Å². The van der Waals surface area contributed by atoms with Crippen LogP contribution in [0.4, 0.5) is 0 Å². The number of benzene rings is 2. The molecule has 136 valence electrons. The molecule has 0 atom stereocenters. The van der Waals surface area contributed by atoms with Crippen molar-refractivity contribution in [3.05, 3.63) is 47.5 Å². The molecule has 0 aliphatic heterocycles. The molecule has 0 aliphatic carbocycles. The van der Waals surface area contributed by atoms with E-state index >= 15 is 0 Å². The Kier molecular flexibility index (Phi) is 5.68. The lowest BCUT2D eigenvalue weighted by Crippen LogP contribution is -1.95. The maximum absolute atomic E-state index is 5.79. The Hall–Kier alpha value is -2.67. The molecule has 1 heterocycles. The molecule has 0 N–H and O–H groups in total. The number of hydrogen-bond acceptors (Lipinski definition) is 7. The second-order valence-electron chi connectivity index (χ2n) is 5.50. The van der Waals surface area contributed by atoms with Gasteiger partial charge in [0.2, 0.25) is 11.6 Å². The first-order chi connectivity index (χ1) is 12.7. The molecule has 0 saturated heterocycles. The summed E-state index contributed by atoms with van der Waals surface area (Å²) in [5, 5.41) is 8.77. The number of aryl methyl sites for hydroxylation is 1. The van der Waals surface area contributed by atoms with Crippen molar-refractivity contribution in [1.82, 2.24) is 10.2 Å². The zero-order valence-corrected chi connectivity index (χ0v) is 15.9. The van der Waals surface area contributed by atoms with Gasteiger partial charge < -0.3 is 18.6 Å². The minimum absolute atomic E-state index is 0.400. The second kappa shape index (κ2) is 8.14. The molecule has 1 aromatic heterocycles. The smallest absolute Gasteiger partial charge is 0.277 e. The summed E-state index contributed by atoms with van der Waals surface area (Å²) in [6, 6.07) is 11.8. The third kappa shape index (κ3) is 3.77. The van der Waals surface area contributed by atoms with Crippen LogP contribution in [0.3, 0.4) is 0 Å². The largest absolute Gasteiger partial charge is 0.493 e. The topological polar surface area (TPSA) is 66.6 Å². The molecule has 0 bridgehead atoms. The molecule has 0 unspecified atom stereocenters. The average Bonchev–Trinajstić information content (AvgIpc) is 3.15. The van der Waals surface area contributed by atoms with E-state index in [4.69, 9.17) is 18.6 Å². The molecule has 0 aliphatic rings. The van der Waals surface area contributed by atoms with Crippen molar-refractivity contribution >= 4 is 11.8 Å². The van der Waals surface area contributed by atoms with Gasteiger partial charge >= 0.3 is 0 Å². The quantitative estimate of drug-likeness (QED) is 0.571. The van der Waals surface area contributed by atoms with E-state index in [0.29, 0.717) is 33.9 Å². The van der Waals surface area contributed by atoms with Gasteiger partial charge in [-0.3, -0.25) is 0 Å². The molecule has 0 spiro atoms. The van der Waals surface area contributed by atoms with E-state index in [9.17, 15) is 0 Å². The van der Waals surface area contributed by atoms with Crippen LogP contribution in [0.5, 0.6) is 17.2 Å². The van der Waals surface area contributed by atoms with E-state index in [-0.39, 0.29) is 0 Å². The monoisotopic (exact) mass is 372 g/mol. The van der Waals surface area contributed by atoms with Gasteiger partial charge in [-0.25, -0.2) is 0 Å². The highest BCUT2D eigenvalue weighted by Gasteiger charge is 2.17. The first-order valence-corrected chi connectivity index (χ1v) is 8.96. The number of methoxy groups -OCH3 is 3. The Morgan fingerprint density at radius 1 is 0.962 bits per heavy atom. The van der Waals surface area contributed by atoms with Crippen molar-refractivity contribution in [2.45, 2.75) is 17.9 Å². The molecule has 6 nitrogen and oxygen atoms in total. The Morgan fingerprint density at radius 2 is 1.65 bits per heavy atom. The van der Waals surface area contributed by atoms with Crippen LogP contribution >= 0.6 is 11.8 Å². The summed E-state index contributed by atoms with van der Waals surface area (Å²) in [6.07, 6.45) is 0. The molecule has 0 fully saturated rings. The predicted octanol–water partition coefficient (Wildman–Crippen LogP) is 4.36. The van der Waals surface area contributed by atoms with Crippen molar-refractivity contribution in [3.8, 4) is 28.7 Å². The maximum atomic E-state index is 5.79. The third-order valence-corrected chi connectivity index (χ3v) is 4.80. The molecule has 7 heteroatoms. The predicted molar refractivity (Wildman–Crippen MR) is 100 cm³/mol. The summed E-state index contributed by atoms with van der Waals surface area (Å²) in [5.41, 5.74) is 3.18. The lowest BCUT2D eigenvalue weighted by molar-refractivity contribution is 0.324. The van der Waals surface area contributed by atoms with Gasteiger partial charge in [-0.15, -0.1) is 10.2 Å². The van der Waals surface area contributed by atoms with E-state index < -0.39 is 0 Å². The fourth-order valence-corrected chi connectivity index (χ4v) is 3.34. The molecule has 0 amide bonds. The highest BCUT2D eigenvalue weighted by atomic mass is 32.2. The Labute approximate surface area is 156 Å². The van der Waals surface area contributed by atoms with Gasteiger partial charge in [-0.1, -0.05) is 36.0 Å². The SMILES string of the molecule is COc1cc(-c2nnc(SCc3ccccc3C)o2)cc(OC)c1OC. The Bertz CT molecular complexity index is 870. The average molecular weight is 372 g/mol. The van der Waals surface area contributed by atoms with Crippen LogP contribution in [-0.2, 0) is 5.75 Å². The van der Waals surface area contributed by atoms with Crippen molar-refractivity contribution in [3.63, 3.8) is 0 Å². The first kappa shape index (κ1) is 18.1. The number of aromatic nitrogens is 2. The zero-order chi connectivity index (χ0) is 18.5. The highest BCUT2D eigenvalue weighted by Crippen LogP contribution is 2.41. The molecular weight excluding hydrogens is 352 g/mol. The molecule has 3 aromatic rings. The lowest BCUT2D eigenvalue weighted by atomic mass is 10.1. The number of rotatable bonds is 7. The number of ether oxygens (including phenoxy) is 3. The van der Waals surface area contributed by atoms with Gasteiger partial charge in [0.05, 0.1) is 21.3 Å². The maximum Gasteiger partial charge on any atom is 0.277 e. The fourth-order valence-electron chi connectivity index (χ4n) is 2.50. The normalized spacial score (nSPS) is 10.6. The van der Waals surface area contributed by atoms with Crippen LogP contribution in [0.1, 0.15) is 11.1 Å². The number of hydrogen-bond donors (Lipinski definition) is 0. The van der Waals surface area contributed by atoms with Crippen LogP contribution in [0.25, 0.3) is 11.5 Å². The highest BCUT2D eigenvalue weighted by molar-refractivity contribution is 7.98. The van der Waals surface area contributed by atoms with Gasteiger partial charge in [0.15, 0.2) is 11.5 Å². The van der Waals surface area contributed by atoms with E-state index in [1.165, 1.54) is 22.9 Å². The van der Waals surface area contributed by atoms with Crippen LogP contribution < -0.4 is 14.2 Å². The van der Waals surface area contributed by atoms with Gasteiger partial charge in [0.1, 0.15) is 0 Å². The molecule has 2 aromatic carbocycles. The van der Waals surface area contributed by atoms with E-state index in [0.717, 1.165) is 5.75 Å². The Balaban J connectivity index is 1.82. The standard InChI is InChI=1S/C19H20N2O4S/c1-12-7-5-6-8-13(12)11-26-19-21-20-18(25-19)14-9-15(22-2)17(24-4)16(10-14)23-3/h5-10H,11H2,1-4H3. The van der Waals surface area contributed by atoms with Crippen molar-refractivity contribution < 1.29 is 18.6 Å².